The Bertz CT molecular complexity index is 355. The Kier molecular flexibility index (Phi) is 5.11. The van der Waals surface area contributed by atoms with E-state index in [0.29, 0.717) is 11.9 Å². The topological polar surface area (TPSA) is 41.9 Å². The Hall–Kier alpha value is 0.900. The molecule has 0 aliphatic carbocycles. The number of hydrogen-bond donors (Lipinski definition) is 0. The van der Waals surface area contributed by atoms with Crippen molar-refractivity contribution in [3.63, 3.8) is 0 Å². The number of aromatic nitrogens is 3. The highest BCUT2D eigenvalue weighted by atomic mass is 35.6. The van der Waals surface area contributed by atoms with Crippen molar-refractivity contribution in [1.82, 2.24) is 15.4 Å². The van der Waals surface area contributed by atoms with Crippen LogP contribution in [-0.4, -0.2) is 18.5 Å². The van der Waals surface area contributed by atoms with E-state index in [1.165, 1.54) is 0 Å². The van der Waals surface area contributed by atoms with E-state index in [2.05, 4.69) is 15.4 Å². The zero-order valence-electron chi connectivity index (χ0n) is 6.46. The summed E-state index contributed by atoms with van der Waals surface area (Å²) in [6, 6.07) is 0. The Morgan fingerprint density at radius 3 is 2.27 bits per heavy atom. The summed E-state index contributed by atoms with van der Waals surface area (Å²) in [6.45, 7) is 0. The maximum atomic E-state index is 5.75. The summed E-state index contributed by atoms with van der Waals surface area (Å²) in [5.41, 5.74) is 0. The molecule has 0 aliphatic heterocycles. The van der Waals surface area contributed by atoms with Crippen LogP contribution in [0.4, 0.5) is 5.82 Å². The zero-order chi connectivity index (χ0) is 11.6. The summed E-state index contributed by atoms with van der Waals surface area (Å²) in [5, 5.41) is 10.2. The molecule has 84 valence electrons. The van der Waals surface area contributed by atoms with Crippen LogP contribution in [0.3, 0.4) is 0 Å². The SMILES string of the molecule is Clc1nnnc(N(Cl)SC(Cl)(Cl)Cl)c1Cl. The van der Waals surface area contributed by atoms with E-state index in [4.69, 9.17) is 69.8 Å². The van der Waals surface area contributed by atoms with Gasteiger partial charge in [-0.3, -0.25) is 0 Å². The largest absolute Gasteiger partial charge is 0.257 e. The molecule has 0 spiro atoms. The van der Waals surface area contributed by atoms with E-state index in [1.807, 2.05) is 0 Å². The summed E-state index contributed by atoms with van der Waals surface area (Å²) in [6.07, 6.45) is 0. The zero-order valence-corrected chi connectivity index (χ0v) is 11.8. The molecular weight excluding hydrogens is 349 g/mol. The molecule has 4 nitrogen and oxygen atoms in total. The molecule has 0 atom stereocenters. The van der Waals surface area contributed by atoms with E-state index < -0.39 is 3.12 Å². The first-order valence-corrected chi connectivity index (χ1v) is 6.07. The highest BCUT2D eigenvalue weighted by Gasteiger charge is 2.27. The normalized spacial score (nSPS) is 11.6. The molecule has 1 heterocycles. The van der Waals surface area contributed by atoms with Crippen molar-refractivity contribution in [2.24, 2.45) is 0 Å². The van der Waals surface area contributed by atoms with Gasteiger partial charge in [0.05, 0.1) is 0 Å². The molecule has 0 bridgehead atoms. The van der Waals surface area contributed by atoms with Crippen molar-refractivity contribution in [1.29, 1.82) is 0 Å². The summed E-state index contributed by atoms with van der Waals surface area (Å²) in [4.78, 5) is 0. The average Bonchev–Trinajstić information content (AvgIpc) is 2.06. The van der Waals surface area contributed by atoms with Crippen LogP contribution in [0.25, 0.3) is 0 Å². The fourth-order valence-electron chi connectivity index (χ4n) is 0.530. The van der Waals surface area contributed by atoms with Crippen molar-refractivity contribution in [3.8, 4) is 0 Å². The highest BCUT2D eigenvalue weighted by molar-refractivity contribution is 8.07. The Morgan fingerprint density at radius 2 is 1.73 bits per heavy atom. The van der Waals surface area contributed by atoms with Gasteiger partial charge in [0.25, 0.3) is 3.12 Å². The third kappa shape index (κ3) is 4.34. The molecule has 11 heteroatoms. The van der Waals surface area contributed by atoms with Gasteiger partial charge < -0.3 is 0 Å². The lowest BCUT2D eigenvalue weighted by atomic mass is 10.6. The van der Waals surface area contributed by atoms with Crippen LogP contribution in [0.2, 0.25) is 10.2 Å². The first-order valence-electron chi connectivity index (χ1n) is 3.07. The van der Waals surface area contributed by atoms with Gasteiger partial charge in [-0.2, -0.15) is 0 Å². The van der Waals surface area contributed by atoms with Crippen LogP contribution in [0.1, 0.15) is 0 Å². The predicted octanol–water partition coefficient (Wildman–Crippen LogP) is 4.11. The highest BCUT2D eigenvalue weighted by Crippen LogP contribution is 2.45. The van der Waals surface area contributed by atoms with E-state index in [9.17, 15) is 0 Å². The third-order valence-corrected chi connectivity index (χ3v) is 3.24. The summed E-state index contributed by atoms with van der Waals surface area (Å²) in [7, 11) is 0. The van der Waals surface area contributed by atoms with Crippen LogP contribution in [-0.2, 0) is 0 Å². The molecule has 1 rings (SSSR count). The molecule has 1 aromatic heterocycles. The first kappa shape index (κ1) is 14.0. The Morgan fingerprint density at radius 1 is 1.13 bits per heavy atom. The Labute approximate surface area is 119 Å². The summed E-state index contributed by atoms with van der Waals surface area (Å²) >= 11 is 34.2. The number of alkyl halides is 3. The minimum Gasteiger partial charge on any atom is -0.201 e. The molecule has 0 aliphatic rings. The van der Waals surface area contributed by atoms with Gasteiger partial charge in [-0.15, -0.1) is 10.2 Å². The average molecular weight is 349 g/mol. The molecule has 1 aromatic rings. The van der Waals surface area contributed by atoms with E-state index in [0.717, 1.165) is 3.82 Å². The quantitative estimate of drug-likeness (QED) is 0.457. The van der Waals surface area contributed by atoms with Crippen LogP contribution >= 0.6 is 81.7 Å². The fraction of sp³-hybridized carbons (Fsp3) is 0.250. The molecule has 0 radical (unpaired) electrons. The number of halogens is 6. The maximum absolute atomic E-state index is 5.75. The van der Waals surface area contributed by atoms with Crippen LogP contribution in [0.15, 0.2) is 0 Å². The van der Waals surface area contributed by atoms with E-state index in [1.54, 1.807) is 0 Å². The number of anilines is 1. The molecule has 0 saturated heterocycles. The van der Waals surface area contributed by atoms with Gasteiger partial charge in [-0.25, -0.2) is 3.82 Å². The minimum absolute atomic E-state index is 0.0171. The number of rotatable bonds is 2. The molecule has 0 amide bonds. The Balaban J connectivity index is 2.92. The second-order valence-corrected chi connectivity index (χ2v) is 7.39. The lowest BCUT2D eigenvalue weighted by molar-refractivity contribution is 0.869. The van der Waals surface area contributed by atoms with Crippen LogP contribution in [0.5, 0.6) is 0 Å². The smallest absolute Gasteiger partial charge is 0.201 e. The monoisotopic (exact) mass is 346 g/mol. The van der Waals surface area contributed by atoms with Gasteiger partial charge in [0.2, 0.25) is 0 Å². The summed E-state index contributed by atoms with van der Waals surface area (Å²) < 4.78 is -0.738. The van der Waals surface area contributed by atoms with Gasteiger partial charge in [0.15, 0.2) is 11.0 Å². The minimum atomic E-state index is -1.65. The van der Waals surface area contributed by atoms with Crippen molar-refractivity contribution in [2.45, 2.75) is 3.12 Å². The lowest BCUT2D eigenvalue weighted by Crippen LogP contribution is -2.10. The molecule has 0 N–H and O–H groups in total. The van der Waals surface area contributed by atoms with Crippen molar-refractivity contribution in [3.05, 3.63) is 10.2 Å². The third-order valence-electron chi connectivity index (χ3n) is 1.000. The van der Waals surface area contributed by atoms with Crippen molar-refractivity contribution >= 4 is 87.5 Å². The molecule has 0 unspecified atom stereocenters. The maximum Gasteiger partial charge on any atom is 0.257 e. The number of hydrogen-bond acceptors (Lipinski definition) is 5. The van der Waals surface area contributed by atoms with Gasteiger partial charge in [-0.1, -0.05) is 58.0 Å². The number of nitrogens with zero attached hydrogens (tertiary/aromatic N) is 4. The molecule has 0 saturated carbocycles. The van der Waals surface area contributed by atoms with Crippen molar-refractivity contribution < 1.29 is 0 Å². The molecular formula is C4Cl6N4S. The van der Waals surface area contributed by atoms with Crippen molar-refractivity contribution in [2.75, 3.05) is 3.82 Å². The second kappa shape index (κ2) is 5.49. The first-order chi connectivity index (χ1) is 6.81. The molecule has 0 fully saturated rings. The van der Waals surface area contributed by atoms with E-state index >= 15 is 0 Å². The predicted molar refractivity (Wildman–Crippen MR) is 66.1 cm³/mol. The molecule has 15 heavy (non-hydrogen) atoms. The standard InChI is InChI=1S/C4Cl6N4S/c5-1-2(6)11-13-12-3(1)14(10)15-4(7,8)9. The lowest BCUT2D eigenvalue weighted by Gasteiger charge is -2.17. The van der Waals surface area contributed by atoms with Gasteiger partial charge >= 0.3 is 0 Å². The van der Waals surface area contributed by atoms with Gasteiger partial charge in [-0.05, 0) is 5.21 Å². The van der Waals surface area contributed by atoms with Crippen LogP contribution in [0, 0.1) is 0 Å². The fourth-order valence-corrected chi connectivity index (χ4v) is 2.67. The second-order valence-electron chi connectivity index (χ2n) is 2.00. The molecule has 0 aromatic carbocycles. The van der Waals surface area contributed by atoms with Crippen LogP contribution < -0.4 is 3.82 Å². The van der Waals surface area contributed by atoms with E-state index in [-0.39, 0.29) is 16.0 Å². The van der Waals surface area contributed by atoms with Gasteiger partial charge in [0.1, 0.15) is 5.02 Å². The van der Waals surface area contributed by atoms with Gasteiger partial charge in [0, 0.05) is 23.7 Å². The summed E-state index contributed by atoms with van der Waals surface area (Å²) in [5.74, 6) is 0.0367.